The molecule has 15 heavy (non-hydrogen) atoms. The number of likely N-dealkylation sites (N-methyl/N-ethyl adjacent to an activating group) is 1. The number of thiazole rings is 1. The van der Waals surface area contributed by atoms with Crippen molar-refractivity contribution >= 4 is 17.1 Å². The summed E-state index contributed by atoms with van der Waals surface area (Å²) in [7, 11) is 1.95. The quantitative estimate of drug-likeness (QED) is 0.789. The molecule has 1 aromatic rings. The van der Waals surface area contributed by atoms with Crippen LogP contribution in [0.3, 0.4) is 0 Å². The lowest BCUT2D eigenvalue weighted by Gasteiger charge is -2.21. The molecule has 0 amide bonds. The molecule has 0 bridgehead atoms. The van der Waals surface area contributed by atoms with E-state index in [1.807, 2.05) is 43.6 Å². The fraction of sp³-hybridized carbons (Fsp3) is 0.636. The first-order chi connectivity index (χ1) is 6.89. The molecule has 0 N–H and O–H groups in total. The van der Waals surface area contributed by atoms with Crippen molar-refractivity contribution in [3.63, 3.8) is 0 Å². The molecule has 1 aromatic heterocycles. The molecule has 0 fully saturated rings. The van der Waals surface area contributed by atoms with Crippen LogP contribution in [-0.2, 0) is 11.3 Å². The van der Waals surface area contributed by atoms with E-state index in [9.17, 15) is 4.79 Å². The van der Waals surface area contributed by atoms with Gasteiger partial charge in [0.2, 0.25) is 0 Å². The summed E-state index contributed by atoms with van der Waals surface area (Å²) in [6, 6.07) is 0. The first kappa shape index (κ1) is 12.3. The number of hydrogen-bond donors (Lipinski definition) is 0. The Labute approximate surface area is 95.1 Å². The van der Waals surface area contributed by atoms with Crippen LogP contribution in [0.5, 0.6) is 0 Å². The summed E-state index contributed by atoms with van der Waals surface area (Å²) in [5.74, 6) is 0.264. The van der Waals surface area contributed by atoms with Crippen molar-refractivity contribution in [2.75, 3.05) is 13.6 Å². The van der Waals surface area contributed by atoms with E-state index < -0.39 is 0 Å². The van der Waals surface area contributed by atoms with Crippen molar-refractivity contribution in [3.05, 3.63) is 16.6 Å². The van der Waals surface area contributed by atoms with Crippen molar-refractivity contribution in [2.24, 2.45) is 5.41 Å². The van der Waals surface area contributed by atoms with Crippen molar-refractivity contribution in [3.8, 4) is 0 Å². The van der Waals surface area contributed by atoms with Gasteiger partial charge in [-0.1, -0.05) is 20.8 Å². The van der Waals surface area contributed by atoms with Crippen LogP contribution in [-0.4, -0.2) is 29.3 Å². The largest absolute Gasteiger partial charge is 0.298 e. The van der Waals surface area contributed by atoms with E-state index in [2.05, 4.69) is 4.98 Å². The van der Waals surface area contributed by atoms with Crippen LogP contribution in [0.2, 0.25) is 0 Å². The predicted molar refractivity (Wildman–Crippen MR) is 62.9 cm³/mol. The van der Waals surface area contributed by atoms with Gasteiger partial charge in [-0.05, 0) is 7.05 Å². The van der Waals surface area contributed by atoms with Gasteiger partial charge in [0.1, 0.15) is 0 Å². The third-order valence-electron chi connectivity index (χ3n) is 2.17. The standard InChI is InChI=1S/C11H18N2OS/c1-11(2,3)10(14)6-13(4)5-9-7-15-8-12-9/h7-8H,5-6H2,1-4H3. The summed E-state index contributed by atoms with van der Waals surface area (Å²) < 4.78 is 0. The molecule has 1 rings (SSSR count). The lowest BCUT2D eigenvalue weighted by molar-refractivity contribution is -0.127. The van der Waals surface area contributed by atoms with Crippen LogP contribution >= 0.6 is 11.3 Å². The molecule has 0 aliphatic heterocycles. The average molecular weight is 226 g/mol. The summed E-state index contributed by atoms with van der Waals surface area (Å²) in [6.07, 6.45) is 0. The van der Waals surface area contributed by atoms with Crippen LogP contribution in [0.15, 0.2) is 10.9 Å². The van der Waals surface area contributed by atoms with Crippen molar-refractivity contribution in [1.29, 1.82) is 0 Å². The van der Waals surface area contributed by atoms with Crippen LogP contribution in [0.4, 0.5) is 0 Å². The van der Waals surface area contributed by atoms with Gasteiger partial charge in [0.15, 0.2) is 5.78 Å². The molecule has 0 unspecified atom stereocenters. The molecule has 0 saturated heterocycles. The van der Waals surface area contributed by atoms with Crippen LogP contribution in [0, 0.1) is 5.41 Å². The summed E-state index contributed by atoms with van der Waals surface area (Å²) in [5.41, 5.74) is 2.59. The van der Waals surface area contributed by atoms with E-state index in [-0.39, 0.29) is 11.2 Å². The third-order valence-corrected chi connectivity index (χ3v) is 2.80. The first-order valence-corrected chi connectivity index (χ1v) is 5.93. The summed E-state index contributed by atoms with van der Waals surface area (Å²) in [5, 5.41) is 2.01. The fourth-order valence-corrected chi connectivity index (χ4v) is 1.68. The Morgan fingerprint density at radius 2 is 2.20 bits per heavy atom. The van der Waals surface area contributed by atoms with Crippen molar-refractivity contribution < 1.29 is 4.79 Å². The van der Waals surface area contributed by atoms with Crippen LogP contribution in [0.1, 0.15) is 26.5 Å². The zero-order valence-corrected chi connectivity index (χ0v) is 10.6. The number of aromatic nitrogens is 1. The number of hydrogen-bond acceptors (Lipinski definition) is 4. The van der Waals surface area contributed by atoms with E-state index >= 15 is 0 Å². The lowest BCUT2D eigenvalue weighted by atomic mass is 9.90. The summed E-state index contributed by atoms with van der Waals surface area (Å²) in [6.45, 7) is 7.08. The highest BCUT2D eigenvalue weighted by Gasteiger charge is 2.22. The van der Waals surface area contributed by atoms with Gasteiger partial charge in [-0.2, -0.15) is 0 Å². The van der Waals surface area contributed by atoms with E-state index in [0.29, 0.717) is 6.54 Å². The minimum absolute atomic E-state index is 0.254. The van der Waals surface area contributed by atoms with E-state index in [1.165, 1.54) is 0 Å². The molecule has 0 spiro atoms. The van der Waals surface area contributed by atoms with Gasteiger partial charge < -0.3 is 0 Å². The monoisotopic (exact) mass is 226 g/mol. The molecule has 4 heteroatoms. The number of rotatable bonds is 4. The smallest absolute Gasteiger partial charge is 0.152 e. The molecule has 0 aliphatic carbocycles. The number of nitrogens with zero attached hydrogens (tertiary/aromatic N) is 2. The molecule has 0 aliphatic rings. The second kappa shape index (κ2) is 4.86. The summed E-state index contributed by atoms with van der Waals surface area (Å²) in [4.78, 5) is 17.9. The van der Waals surface area contributed by atoms with Gasteiger partial charge in [0, 0.05) is 17.3 Å². The zero-order valence-electron chi connectivity index (χ0n) is 9.78. The SMILES string of the molecule is CN(CC(=O)C(C)(C)C)Cc1cscn1. The molecule has 1 heterocycles. The Morgan fingerprint density at radius 3 is 2.67 bits per heavy atom. The third kappa shape index (κ3) is 4.10. The van der Waals surface area contributed by atoms with Crippen molar-refractivity contribution in [2.45, 2.75) is 27.3 Å². The predicted octanol–water partition coefficient (Wildman–Crippen LogP) is 2.19. The Morgan fingerprint density at radius 1 is 1.53 bits per heavy atom. The molecule has 0 atom stereocenters. The molecule has 0 saturated carbocycles. The van der Waals surface area contributed by atoms with E-state index in [1.54, 1.807) is 11.3 Å². The number of carbonyl (C=O) groups excluding carboxylic acids is 1. The number of Topliss-reactive ketones (excluding diaryl/α,β-unsaturated/α-hetero) is 1. The Bertz CT molecular complexity index is 314. The average Bonchev–Trinajstić information content (AvgIpc) is 2.54. The van der Waals surface area contributed by atoms with Gasteiger partial charge in [0.05, 0.1) is 17.7 Å². The second-order valence-electron chi connectivity index (χ2n) is 4.83. The molecule has 0 radical (unpaired) electrons. The van der Waals surface area contributed by atoms with Gasteiger partial charge in [-0.15, -0.1) is 11.3 Å². The first-order valence-electron chi connectivity index (χ1n) is 4.98. The Balaban J connectivity index is 2.43. The van der Waals surface area contributed by atoms with E-state index in [0.717, 1.165) is 12.2 Å². The van der Waals surface area contributed by atoms with Crippen LogP contribution < -0.4 is 0 Å². The highest BCUT2D eigenvalue weighted by atomic mass is 32.1. The second-order valence-corrected chi connectivity index (χ2v) is 5.54. The maximum Gasteiger partial charge on any atom is 0.152 e. The minimum atomic E-state index is -0.254. The van der Waals surface area contributed by atoms with Crippen LogP contribution in [0.25, 0.3) is 0 Å². The molecule has 0 aromatic carbocycles. The summed E-state index contributed by atoms with van der Waals surface area (Å²) >= 11 is 1.58. The maximum absolute atomic E-state index is 11.7. The zero-order chi connectivity index (χ0) is 11.5. The molecule has 3 nitrogen and oxygen atoms in total. The number of carbonyl (C=O) groups is 1. The van der Waals surface area contributed by atoms with Gasteiger partial charge in [-0.3, -0.25) is 9.69 Å². The van der Waals surface area contributed by atoms with Gasteiger partial charge in [-0.25, -0.2) is 4.98 Å². The highest BCUT2D eigenvalue weighted by molar-refractivity contribution is 7.07. The van der Waals surface area contributed by atoms with E-state index in [4.69, 9.17) is 0 Å². The topological polar surface area (TPSA) is 33.2 Å². The Kier molecular flexibility index (Phi) is 3.99. The minimum Gasteiger partial charge on any atom is -0.298 e. The maximum atomic E-state index is 11.7. The number of ketones is 1. The van der Waals surface area contributed by atoms with Gasteiger partial charge >= 0.3 is 0 Å². The molecule has 84 valence electrons. The molecular formula is C11H18N2OS. The lowest BCUT2D eigenvalue weighted by Crippen LogP contribution is -2.33. The Hall–Kier alpha value is -0.740. The van der Waals surface area contributed by atoms with Crippen molar-refractivity contribution in [1.82, 2.24) is 9.88 Å². The van der Waals surface area contributed by atoms with Gasteiger partial charge in [0.25, 0.3) is 0 Å². The normalized spacial score (nSPS) is 12.1. The highest BCUT2D eigenvalue weighted by Crippen LogP contribution is 2.15. The fourth-order valence-electron chi connectivity index (χ4n) is 1.13. The molecular weight excluding hydrogens is 208 g/mol.